The first kappa shape index (κ1) is 17.8. The van der Waals surface area contributed by atoms with Gasteiger partial charge in [0.2, 0.25) is 5.95 Å². The number of rotatable bonds is 5. The standard InChI is InChI=1S/C18H13ClF2N4O/c19-13-3-1-11(2-4-13)8-22-17(26)12-9-23-18(24-10-12)25-14-5-6-15(20)16(21)7-14/h1-7,9-10H,8H2,(H,22,26)(H,23,24,25). The molecule has 8 heteroatoms. The van der Waals surface area contributed by atoms with Gasteiger partial charge >= 0.3 is 0 Å². The normalized spacial score (nSPS) is 10.4. The number of halogens is 3. The molecule has 0 saturated heterocycles. The van der Waals surface area contributed by atoms with Crippen LogP contribution in [0.2, 0.25) is 5.02 Å². The number of benzene rings is 2. The fraction of sp³-hybridized carbons (Fsp3) is 0.0556. The molecule has 0 radical (unpaired) electrons. The molecule has 0 saturated carbocycles. The van der Waals surface area contributed by atoms with Crippen molar-refractivity contribution < 1.29 is 13.6 Å². The molecular formula is C18H13ClF2N4O. The molecule has 0 spiro atoms. The van der Waals surface area contributed by atoms with Gasteiger partial charge in [0.05, 0.1) is 5.56 Å². The number of hydrogen-bond donors (Lipinski definition) is 2. The molecule has 3 rings (SSSR count). The number of anilines is 2. The van der Waals surface area contributed by atoms with Crippen LogP contribution in [0, 0.1) is 11.6 Å². The first-order valence-electron chi connectivity index (χ1n) is 7.58. The van der Waals surface area contributed by atoms with Crippen molar-refractivity contribution in [3.05, 3.63) is 82.6 Å². The minimum Gasteiger partial charge on any atom is -0.348 e. The van der Waals surface area contributed by atoms with Crippen molar-refractivity contribution in [1.29, 1.82) is 0 Å². The molecule has 0 bridgehead atoms. The Kier molecular flexibility index (Phi) is 5.38. The van der Waals surface area contributed by atoms with Crippen molar-refractivity contribution in [3.63, 3.8) is 0 Å². The van der Waals surface area contributed by atoms with E-state index in [-0.39, 0.29) is 17.4 Å². The Bertz CT molecular complexity index is 917. The monoisotopic (exact) mass is 374 g/mol. The van der Waals surface area contributed by atoms with Crippen molar-refractivity contribution in [3.8, 4) is 0 Å². The number of carbonyl (C=O) groups is 1. The minimum atomic E-state index is -0.979. The van der Waals surface area contributed by atoms with Crippen LogP contribution in [0.3, 0.4) is 0 Å². The van der Waals surface area contributed by atoms with E-state index in [4.69, 9.17) is 11.6 Å². The van der Waals surface area contributed by atoms with Crippen molar-refractivity contribution in [2.75, 3.05) is 5.32 Å². The van der Waals surface area contributed by atoms with Crippen molar-refractivity contribution >= 4 is 29.1 Å². The lowest BCUT2D eigenvalue weighted by molar-refractivity contribution is 0.0950. The molecule has 0 aliphatic heterocycles. The zero-order valence-corrected chi connectivity index (χ0v) is 14.1. The van der Waals surface area contributed by atoms with E-state index in [1.54, 1.807) is 12.1 Å². The van der Waals surface area contributed by atoms with E-state index in [1.807, 2.05) is 12.1 Å². The molecule has 132 valence electrons. The lowest BCUT2D eigenvalue weighted by atomic mass is 10.2. The van der Waals surface area contributed by atoms with Gasteiger partial charge in [-0.2, -0.15) is 0 Å². The van der Waals surface area contributed by atoms with Gasteiger partial charge in [0.1, 0.15) is 0 Å². The fourth-order valence-electron chi connectivity index (χ4n) is 2.10. The van der Waals surface area contributed by atoms with E-state index in [1.165, 1.54) is 18.5 Å². The summed E-state index contributed by atoms with van der Waals surface area (Å²) >= 11 is 5.81. The molecular weight excluding hydrogens is 362 g/mol. The van der Waals surface area contributed by atoms with E-state index in [0.29, 0.717) is 17.3 Å². The molecule has 2 N–H and O–H groups in total. The largest absolute Gasteiger partial charge is 0.348 e. The fourth-order valence-corrected chi connectivity index (χ4v) is 2.23. The smallest absolute Gasteiger partial charge is 0.254 e. The van der Waals surface area contributed by atoms with Gasteiger partial charge in [-0.25, -0.2) is 18.7 Å². The van der Waals surface area contributed by atoms with E-state index in [0.717, 1.165) is 17.7 Å². The van der Waals surface area contributed by atoms with Crippen LogP contribution in [0.25, 0.3) is 0 Å². The molecule has 2 aromatic carbocycles. The number of amides is 1. The van der Waals surface area contributed by atoms with Crippen LogP contribution < -0.4 is 10.6 Å². The quantitative estimate of drug-likeness (QED) is 0.706. The van der Waals surface area contributed by atoms with E-state index >= 15 is 0 Å². The predicted molar refractivity (Wildman–Crippen MR) is 94.3 cm³/mol. The molecule has 0 atom stereocenters. The lowest BCUT2D eigenvalue weighted by Crippen LogP contribution is -2.23. The van der Waals surface area contributed by atoms with Crippen molar-refractivity contribution in [2.24, 2.45) is 0 Å². The summed E-state index contributed by atoms with van der Waals surface area (Å²) < 4.78 is 26.1. The van der Waals surface area contributed by atoms with Crippen LogP contribution in [0.5, 0.6) is 0 Å². The van der Waals surface area contributed by atoms with Crippen LogP contribution in [0.15, 0.2) is 54.9 Å². The molecule has 1 heterocycles. The van der Waals surface area contributed by atoms with Gasteiger partial charge in [-0.15, -0.1) is 0 Å². The molecule has 0 aliphatic rings. The molecule has 0 fully saturated rings. The molecule has 5 nitrogen and oxygen atoms in total. The van der Waals surface area contributed by atoms with Crippen LogP contribution in [-0.4, -0.2) is 15.9 Å². The highest BCUT2D eigenvalue weighted by molar-refractivity contribution is 6.30. The summed E-state index contributed by atoms with van der Waals surface area (Å²) in [6.07, 6.45) is 2.68. The Balaban J connectivity index is 1.60. The third-order valence-electron chi connectivity index (χ3n) is 3.46. The van der Waals surface area contributed by atoms with E-state index in [9.17, 15) is 13.6 Å². The molecule has 0 unspecified atom stereocenters. The number of carbonyl (C=O) groups excluding carboxylic acids is 1. The van der Waals surface area contributed by atoms with Crippen LogP contribution >= 0.6 is 11.6 Å². The Morgan fingerprint density at radius 2 is 1.69 bits per heavy atom. The zero-order chi connectivity index (χ0) is 18.5. The Morgan fingerprint density at radius 1 is 1.00 bits per heavy atom. The van der Waals surface area contributed by atoms with E-state index in [2.05, 4.69) is 20.6 Å². The second-order valence-electron chi connectivity index (χ2n) is 5.36. The number of nitrogens with one attached hydrogen (secondary N) is 2. The lowest BCUT2D eigenvalue weighted by Gasteiger charge is -2.07. The maximum absolute atomic E-state index is 13.2. The SMILES string of the molecule is O=C(NCc1ccc(Cl)cc1)c1cnc(Nc2ccc(F)c(F)c2)nc1. The summed E-state index contributed by atoms with van der Waals surface area (Å²) in [5, 5.41) is 6.09. The molecule has 26 heavy (non-hydrogen) atoms. The zero-order valence-electron chi connectivity index (χ0n) is 13.3. The Morgan fingerprint density at radius 3 is 2.35 bits per heavy atom. The van der Waals surface area contributed by atoms with Crippen LogP contribution in [0.1, 0.15) is 15.9 Å². The second-order valence-corrected chi connectivity index (χ2v) is 5.79. The molecule has 1 aromatic heterocycles. The molecule has 0 aliphatic carbocycles. The number of aromatic nitrogens is 2. The summed E-state index contributed by atoms with van der Waals surface area (Å²) in [4.78, 5) is 20.1. The van der Waals surface area contributed by atoms with Gasteiger partial charge in [-0.1, -0.05) is 23.7 Å². The number of hydrogen-bond acceptors (Lipinski definition) is 4. The number of nitrogens with zero attached hydrogens (tertiary/aromatic N) is 2. The van der Waals surface area contributed by atoms with Gasteiger partial charge in [0.25, 0.3) is 5.91 Å². The highest BCUT2D eigenvalue weighted by Crippen LogP contribution is 2.16. The maximum Gasteiger partial charge on any atom is 0.254 e. The summed E-state index contributed by atoms with van der Waals surface area (Å²) in [6, 6.07) is 10.5. The average molecular weight is 375 g/mol. The van der Waals surface area contributed by atoms with Crippen molar-refractivity contribution in [1.82, 2.24) is 15.3 Å². The average Bonchev–Trinajstić information content (AvgIpc) is 2.65. The Hall–Kier alpha value is -3.06. The summed E-state index contributed by atoms with van der Waals surface area (Å²) in [6.45, 7) is 0.338. The van der Waals surface area contributed by atoms with E-state index < -0.39 is 11.6 Å². The van der Waals surface area contributed by atoms with Gasteiger partial charge in [-0.05, 0) is 29.8 Å². The van der Waals surface area contributed by atoms with Gasteiger partial charge < -0.3 is 10.6 Å². The second kappa shape index (κ2) is 7.88. The Labute approximate surface area is 153 Å². The first-order valence-corrected chi connectivity index (χ1v) is 7.96. The van der Waals surface area contributed by atoms with Crippen LogP contribution in [-0.2, 0) is 6.54 Å². The maximum atomic E-state index is 13.2. The highest BCUT2D eigenvalue weighted by Gasteiger charge is 2.08. The van der Waals surface area contributed by atoms with Gasteiger partial charge in [0, 0.05) is 35.7 Å². The van der Waals surface area contributed by atoms with Gasteiger partial charge in [-0.3, -0.25) is 4.79 Å². The summed E-state index contributed by atoms with van der Waals surface area (Å²) in [5.41, 5.74) is 1.47. The van der Waals surface area contributed by atoms with Gasteiger partial charge in [0.15, 0.2) is 11.6 Å². The third-order valence-corrected chi connectivity index (χ3v) is 3.71. The van der Waals surface area contributed by atoms with Crippen LogP contribution in [0.4, 0.5) is 20.4 Å². The van der Waals surface area contributed by atoms with Crippen molar-refractivity contribution in [2.45, 2.75) is 6.54 Å². The molecule has 1 amide bonds. The summed E-state index contributed by atoms with van der Waals surface area (Å²) in [5.74, 6) is -2.10. The first-order chi connectivity index (χ1) is 12.5. The topological polar surface area (TPSA) is 66.9 Å². The molecule has 3 aromatic rings. The minimum absolute atomic E-state index is 0.158. The highest BCUT2D eigenvalue weighted by atomic mass is 35.5. The summed E-state index contributed by atoms with van der Waals surface area (Å²) in [7, 11) is 0. The third kappa shape index (κ3) is 4.52. The predicted octanol–water partition coefficient (Wildman–Crippen LogP) is 4.08.